The van der Waals surface area contributed by atoms with Crippen LogP contribution in [0.15, 0.2) is 0 Å². The highest BCUT2D eigenvalue weighted by Crippen LogP contribution is 2.27. The molecule has 0 saturated carbocycles. The number of nitrogens with zero attached hydrogens (tertiary/aromatic N) is 1. The van der Waals surface area contributed by atoms with E-state index in [1.165, 1.54) is 25.9 Å². The van der Waals surface area contributed by atoms with Crippen LogP contribution in [0, 0.1) is 5.92 Å². The first-order valence-electron chi connectivity index (χ1n) is 5.38. The molecule has 3 unspecified atom stereocenters. The van der Waals surface area contributed by atoms with Gasteiger partial charge in [0.25, 0.3) is 0 Å². The van der Waals surface area contributed by atoms with E-state index in [1.54, 1.807) is 7.05 Å². The molecule has 2 aliphatic rings. The molecule has 0 aromatic heterocycles. The highest BCUT2D eigenvalue weighted by Gasteiger charge is 2.31. The summed E-state index contributed by atoms with van der Waals surface area (Å²) in [5.41, 5.74) is 0. The molecule has 0 aromatic rings. The van der Waals surface area contributed by atoms with E-state index in [4.69, 9.17) is 4.74 Å². The molecule has 0 radical (unpaired) electrons. The lowest BCUT2D eigenvalue weighted by Crippen LogP contribution is -2.48. The summed E-state index contributed by atoms with van der Waals surface area (Å²) in [5.74, 6) is 0.743. The van der Waals surface area contributed by atoms with Gasteiger partial charge in [-0.05, 0) is 31.7 Å². The van der Waals surface area contributed by atoms with Crippen LogP contribution in [-0.4, -0.2) is 43.8 Å². The third kappa shape index (κ3) is 2.18. The van der Waals surface area contributed by atoms with Crippen LogP contribution in [0.25, 0.3) is 0 Å². The van der Waals surface area contributed by atoms with Gasteiger partial charge in [-0.3, -0.25) is 4.90 Å². The second-order valence-corrected chi connectivity index (χ2v) is 4.28. The van der Waals surface area contributed by atoms with Gasteiger partial charge in [-0.2, -0.15) is 0 Å². The number of hydrogen-bond donors (Lipinski definition) is 1. The number of alkyl carbamates (subject to hydrolysis) is 1. The van der Waals surface area contributed by atoms with Gasteiger partial charge in [-0.1, -0.05) is 0 Å². The fourth-order valence-electron chi connectivity index (χ4n) is 2.54. The predicted molar refractivity (Wildman–Crippen MR) is 53.1 cm³/mol. The van der Waals surface area contributed by atoms with E-state index in [0.29, 0.717) is 0 Å². The molecule has 2 fully saturated rings. The summed E-state index contributed by atoms with van der Waals surface area (Å²) in [6.07, 6.45) is 3.45. The molecule has 14 heavy (non-hydrogen) atoms. The first kappa shape index (κ1) is 9.77. The van der Waals surface area contributed by atoms with E-state index in [2.05, 4.69) is 10.2 Å². The van der Waals surface area contributed by atoms with Crippen LogP contribution < -0.4 is 5.32 Å². The maximum absolute atomic E-state index is 11.0. The molecule has 2 aliphatic heterocycles. The number of piperidine rings is 2. The number of rotatable bonds is 1. The van der Waals surface area contributed by atoms with Crippen molar-refractivity contribution in [1.82, 2.24) is 10.2 Å². The minimum atomic E-state index is -0.295. The van der Waals surface area contributed by atoms with Crippen molar-refractivity contribution in [2.45, 2.75) is 25.4 Å². The Morgan fingerprint density at radius 1 is 1.50 bits per heavy atom. The normalized spacial score (nSPS) is 36.2. The smallest absolute Gasteiger partial charge is 0.407 e. The summed E-state index contributed by atoms with van der Waals surface area (Å²) >= 11 is 0. The first-order chi connectivity index (χ1) is 6.78. The maximum Gasteiger partial charge on any atom is 0.407 e. The van der Waals surface area contributed by atoms with Crippen LogP contribution in [0.5, 0.6) is 0 Å². The molecule has 0 spiro atoms. The lowest BCUT2D eigenvalue weighted by Gasteiger charge is -2.41. The quantitative estimate of drug-likeness (QED) is 0.678. The SMILES string of the molecule is CNC(=O)OC1CC2CCCN(C2)C1. The Hall–Kier alpha value is -0.770. The number of hydrogen-bond acceptors (Lipinski definition) is 3. The third-order valence-corrected chi connectivity index (χ3v) is 3.14. The van der Waals surface area contributed by atoms with Crippen molar-refractivity contribution in [2.24, 2.45) is 5.92 Å². The third-order valence-electron chi connectivity index (χ3n) is 3.14. The van der Waals surface area contributed by atoms with Gasteiger partial charge in [-0.15, -0.1) is 0 Å². The monoisotopic (exact) mass is 198 g/mol. The first-order valence-corrected chi connectivity index (χ1v) is 5.38. The minimum absolute atomic E-state index is 0.106. The van der Waals surface area contributed by atoms with Gasteiger partial charge >= 0.3 is 6.09 Å². The van der Waals surface area contributed by atoms with Crippen LogP contribution in [0.3, 0.4) is 0 Å². The van der Waals surface area contributed by atoms with Crippen LogP contribution in [0.1, 0.15) is 19.3 Å². The fraction of sp³-hybridized carbons (Fsp3) is 0.900. The number of ether oxygens (including phenoxy) is 1. The molecule has 1 amide bonds. The Morgan fingerprint density at radius 2 is 2.36 bits per heavy atom. The van der Waals surface area contributed by atoms with Gasteiger partial charge in [0.15, 0.2) is 0 Å². The zero-order chi connectivity index (χ0) is 9.97. The van der Waals surface area contributed by atoms with Crippen LogP contribution >= 0.6 is 0 Å². The predicted octanol–water partition coefficient (Wildman–Crippen LogP) is 0.827. The van der Waals surface area contributed by atoms with E-state index in [-0.39, 0.29) is 12.2 Å². The standard InChI is InChI=1S/C10H18N2O2/c1-11-10(13)14-9-5-8-3-2-4-12(6-8)7-9/h8-9H,2-7H2,1H3,(H,11,13). The Balaban J connectivity index is 1.86. The van der Waals surface area contributed by atoms with Gasteiger partial charge in [0.05, 0.1) is 0 Å². The Bertz CT molecular complexity index is 208. The molecule has 0 aliphatic carbocycles. The molecular formula is C10H18N2O2. The van der Waals surface area contributed by atoms with Crippen molar-refractivity contribution >= 4 is 6.09 Å². The van der Waals surface area contributed by atoms with Gasteiger partial charge in [0, 0.05) is 20.1 Å². The number of carbonyl (C=O) groups is 1. The van der Waals surface area contributed by atoms with Crippen molar-refractivity contribution in [3.8, 4) is 0 Å². The summed E-state index contributed by atoms with van der Waals surface area (Å²) in [6.45, 7) is 3.29. The topological polar surface area (TPSA) is 41.6 Å². The molecule has 4 nitrogen and oxygen atoms in total. The van der Waals surface area contributed by atoms with Crippen molar-refractivity contribution in [2.75, 3.05) is 26.7 Å². The number of fused-ring (bicyclic) bond motifs is 2. The molecule has 2 bridgehead atoms. The summed E-state index contributed by atoms with van der Waals surface area (Å²) in [5, 5.41) is 2.50. The lowest BCUT2D eigenvalue weighted by molar-refractivity contribution is 0.00259. The van der Waals surface area contributed by atoms with Crippen LogP contribution in [-0.2, 0) is 4.74 Å². The highest BCUT2D eigenvalue weighted by molar-refractivity contribution is 5.66. The van der Waals surface area contributed by atoms with Crippen molar-refractivity contribution in [3.05, 3.63) is 0 Å². The summed E-state index contributed by atoms with van der Waals surface area (Å²) in [7, 11) is 1.60. The number of nitrogens with one attached hydrogen (secondary N) is 1. The van der Waals surface area contributed by atoms with E-state index in [0.717, 1.165) is 18.9 Å². The summed E-state index contributed by atoms with van der Waals surface area (Å²) < 4.78 is 5.29. The molecule has 80 valence electrons. The van der Waals surface area contributed by atoms with Crippen molar-refractivity contribution < 1.29 is 9.53 Å². The Kier molecular flexibility index (Phi) is 2.91. The molecule has 2 heterocycles. The molecule has 2 rings (SSSR count). The Labute approximate surface area is 84.6 Å². The minimum Gasteiger partial charge on any atom is -0.445 e. The zero-order valence-corrected chi connectivity index (χ0v) is 8.66. The van der Waals surface area contributed by atoms with Gasteiger partial charge < -0.3 is 10.1 Å². The summed E-state index contributed by atoms with van der Waals surface area (Å²) in [4.78, 5) is 13.5. The molecule has 3 atom stereocenters. The van der Waals surface area contributed by atoms with Gasteiger partial charge in [0.1, 0.15) is 6.10 Å². The zero-order valence-electron chi connectivity index (χ0n) is 8.66. The highest BCUT2D eigenvalue weighted by atomic mass is 16.6. The average Bonchev–Trinajstić information content (AvgIpc) is 2.17. The largest absolute Gasteiger partial charge is 0.445 e. The number of carbonyl (C=O) groups excluding carboxylic acids is 1. The summed E-state index contributed by atoms with van der Waals surface area (Å²) in [6, 6.07) is 0. The van der Waals surface area contributed by atoms with Gasteiger partial charge in [0.2, 0.25) is 0 Å². The van der Waals surface area contributed by atoms with E-state index < -0.39 is 0 Å². The average molecular weight is 198 g/mol. The molecule has 0 aromatic carbocycles. The molecule has 1 N–H and O–H groups in total. The van der Waals surface area contributed by atoms with E-state index in [9.17, 15) is 4.79 Å². The van der Waals surface area contributed by atoms with Crippen molar-refractivity contribution in [3.63, 3.8) is 0 Å². The lowest BCUT2D eigenvalue weighted by atomic mass is 9.88. The van der Waals surface area contributed by atoms with Crippen molar-refractivity contribution in [1.29, 1.82) is 0 Å². The fourth-order valence-corrected chi connectivity index (χ4v) is 2.54. The molecular weight excluding hydrogens is 180 g/mol. The molecule has 2 saturated heterocycles. The Morgan fingerprint density at radius 3 is 3.07 bits per heavy atom. The van der Waals surface area contributed by atoms with Gasteiger partial charge in [-0.25, -0.2) is 4.79 Å². The number of amides is 1. The van der Waals surface area contributed by atoms with Crippen LogP contribution in [0.2, 0.25) is 0 Å². The second-order valence-electron chi connectivity index (χ2n) is 4.28. The van der Waals surface area contributed by atoms with E-state index in [1.807, 2.05) is 0 Å². The van der Waals surface area contributed by atoms with Crippen LogP contribution in [0.4, 0.5) is 4.79 Å². The maximum atomic E-state index is 11.0. The van der Waals surface area contributed by atoms with E-state index >= 15 is 0 Å². The molecule has 4 heteroatoms. The second kappa shape index (κ2) is 4.17.